The Labute approximate surface area is 185 Å². The summed E-state index contributed by atoms with van der Waals surface area (Å²) in [5, 5.41) is 1.49. The molecule has 0 amide bonds. The highest BCUT2D eigenvalue weighted by Crippen LogP contribution is 2.40. The summed E-state index contributed by atoms with van der Waals surface area (Å²) in [6, 6.07) is 14.1. The van der Waals surface area contributed by atoms with Gasteiger partial charge in [0.15, 0.2) is 0 Å². The monoisotopic (exact) mass is 470 g/mol. The van der Waals surface area contributed by atoms with Crippen molar-refractivity contribution in [3.8, 4) is 0 Å². The third-order valence-electron chi connectivity index (χ3n) is 5.06. The van der Waals surface area contributed by atoms with Crippen molar-refractivity contribution in [2.45, 2.75) is 37.3 Å². The highest BCUT2D eigenvalue weighted by molar-refractivity contribution is 7.93. The summed E-state index contributed by atoms with van der Waals surface area (Å²) in [5.41, 5.74) is 1.67. The molecule has 0 aliphatic heterocycles. The lowest BCUT2D eigenvalue weighted by Crippen LogP contribution is -2.32. The normalized spacial score (nSPS) is 12.3. The van der Waals surface area contributed by atoms with Crippen LogP contribution in [0.15, 0.2) is 53.4 Å². The summed E-state index contributed by atoms with van der Waals surface area (Å²) in [6.45, 7) is 1.84. The van der Waals surface area contributed by atoms with Gasteiger partial charge in [-0.15, -0.1) is 11.3 Å². The van der Waals surface area contributed by atoms with Crippen LogP contribution in [0.1, 0.15) is 24.8 Å². The number of unbranched alkanes of at least 4 members (excludes halogenated alkanes) is 1. The Morgan fingerprint density at radius 1 is 0.968 bits per heavy atom. The molecule has 0 radical (unpaired) electrons. The van der Waals surface area contributed by atoms with Gasteiger partial charge in [0, 0.05) is 37.4 Å². The molecule has 0 unspecified atom stereocenters. The summed E-state index contributed by atoms with van der Waals surface area (Å²) in [4.78, 5) is 1.98. The minimum absolute atomic E-state index is 0.0124. The first kappa shape index (κ1) is 23.4. The van der Waals surface area contributed by atoms with Crippen LogP contribution in [-0.2, 0) is 10.0 Å². The van der Waals surface area contributed by atoms with Crippen LogP contribution in [0.2, 0.25) is 0 Å². The molecule has 0 atom stereocenters. The molecule has 1 heterocycles. The lowest BCUT2D eigenvalue weighted by Gasteiger charge is -2.24. The first-order valence-electron chi connectivity index (χ1n) is 9.86. The fourth-order valence-electron chi connectivity index (χ4n) is 3.35. The molecule has 0 N–H and O–H groups in total. The van der Waals surface area contributed by atoms with Crippen molar-refractivity contribution in [1.29, 1.82) is 0 Å². The zero-order valence-electron chi connectivity index (χ0n) is 17.6. The third-order valence-corrected chi connectivity index (χ3v) is 8.28. The van der Waals surface area contributed by atoms with E-state index in [0.29, 0.717) is 5.00 Å². The standard InChI is InChI=1S/C22H25F3N2O2S2/c1-16-19-8-4-5-9-20(19)30-21(16)27(15-7-6-14-22(23,24)25)31(28,29)18-12-10-17(11-13-18)26(2)3/h4-5,8-13H,6-7,14-15H2,1-3H3. The third kappa shape index (κ3) is 5.33. The van der Waals surface area contributed by atoms with E-state index in [1.54, 1.807) is 12.1 Å². The molecule has 0 spiro atoms. The molecule has 31 heavy (non-hydrogen) atoms. The second-order valence-corrected chi connectivity index (χ2v) is 10.5. The van der Waals surface area contributed by atoms with Crippen molar-refractivity contribution in [2.24, 2.45) is 0 Å². The fraction of sp³-hybridized carbons (Fsp3) is 0.364. The maximum absolute atomic E-state index is 13.5. The number of anilines is 2. The first-order valence-corrected chi connectivity index (χ1v) is 12.1. The number of rotatable bonds is 8. The SMILES string of the molecule is Cc1c(N(CCCCC(F)(F)F)S(=O)(=O)c2ccc(N(C)C)cc2)sc2ccccc12. The zero-order valence-corrected chi connectivity index (χ0v) is 19.2. The van der Waals surface area contributed by atoms with Crippen LogP contribution in [-0.4, -0.2) is 35.2 Å². The molecular weight excluding hydrogens is 445 g/mol. The van der Waals surface area contributed by atoms with E-state index in [2.05, 4.69) is 0 Å². The maximum atomic E-state index is 13.5. The number of hydrogen-bond acceptors (Lipinski definition) is 4. The molecule has 168 valence electrons. The lowest BCUT2D eigenvalue weighted by molar-refractivity contribution is -0.135. The average molecular weight is 471 g/mol. The van der Waals surface area contributed by atoms with Gasteiger partial charge >= 0.3 is 6.18 Å². The molecule has 0 bridgehead atoms. The van der Waals surface area contributed by atoms with Crippen LogP contribution in [0.3, 0.4) is 0 Å². The molecule has 0 aliphatic rings. The number of benzene rings is 2. The fourth-order valence-corrected chi connectivity index (χ4v) is 6.36. The Balaban J connectivity index is 1.98. The average Bonchev–Trinajstić information content (AvgIpc) is 3.03. The van der Waals surface area contributed by atoms with Gasteiger partial charge in [-0.2, -0.15) is 13.2 Å². The molecule has 9 heteroatoms. The summed E-state index contributed by atoms with van der Waals surface area (Å²) in [5.74, 6) is 0. The van der Waals surface area contributed by atoms with Crippen LogP contribution in [0.4, 0.5) is 23.9 Å². The summed E-state index contributed by atoms with van der Waals surface area (Å²) >= 11 is 1.34. The predicted molar refractivity (Wildman–Crippen MR) is 122 cm³/mol. The number of halogens is 3. The number of aryl methyl sites for hydroxylation is 1. The van der Waals surface area contributed by atoms with E-state index >= 15 is 0 Å². The Kier molecular flexibility index (Phi) is 6.85. The number of thiophene rings is 1. The molecule has 0 aliphatic carbocycles. The van der Waals surface area contributed by atoms with Crippen molar-refractivity contribution in [3.05, 3.63) is 54.1 Å². The van der Waals surface area contributed by atoms with Crippen LogP contribution in [0.25, 0.3) is 10.1 Å². The van der Waals surface area contributed by atoms with E-state index in [4.69, 9.17) is 0 Å². The summed E-state index contributed by atoms with van der Waals surface area (Å²) in [7, 11) is -0.222. The maximum Gasteiger partial charge on any atom is 0.389 e. The highest BCUT2D eigenvalue weighted by Gasteiger charge is 2.30. The Morgan fingerprint density at radius 2 is 1.61 bits per heavy atom. The molecule has 1 aromatic heterocycles. The number of hydrogen-bond donors (Lipinski definition) is 0. The van der Waals surface area contributed by atoms with E-state index in [9.17, 15) is 21.6 Å². The minimum Gasteiger partial charge on any atom is -0.378 e. The van der Waals surface area contributed by atoms with E-state index < -0.39 is 22.6 Å². The first-order chi connectivity index (χ1) is 14.5. The largest absolute Gasteiger partial charge is 0.389 e. The smallest absolute Gasteiger partial charge is 0.378 e. The van der Waals surface area contributed by atoms with Crippen LogP contribution < -0.4 is 9.21 Å². The number of fused-ring (bicyclic) bond motifs is 1. The Morgan fingerprint density at radius 3 is 2.19 bits per heavy atom. The molecule has 0 saturated heterocycles. The molecule has 3 aromatic rings. The highest BCUT2D eigenvalue weighted by atomic mass is 32.2. The minimum atomic E-state index is -4.25. The van der Waals surface area contributed by atoms with Gasteiger partial charge in [0.25, 0.3) is 10.0 Å². The summed E-state index contributed by atoms with van der Waals surface area (Å²) in [6.07, 6.45) is -5.19. The molecular formula is C22H25F3N2O2S2. The molecule has 2 aromatic carbocycles. The van der Waals surface area contributed by atoms with Gasteiger partial charge in [-0.05, 0) is 61.0 Å². The van der Waals surface area contributed by atoms with Crippen molar-refractivity contribution in [3.63, 3.8) is 0 Å². The van der Waals surface area contributed by atoms with E-state index in [1.807, 2.05) is 50.2 Å². The Hall–Kier alpha value is -2.26. The molecule has 4 nitrogen and oxygen atoms in total. The molecule has 0 fully saturated rings. The lowest BCUT2D eigenvalue weighted by atomic mass is 10.2. The zero-order chi connectivity index (χ0) is 22.8. The number of sulfonamides is 1. The summed E-state index contributed by atoms with van der Waals surface area (Å²) < 4.78 is 67.0. The van der Waals surface area contributed by atoms with E-state index in [0.717, 1.165) is 21.3 Å². The second kappa shape index (κ2) is 9.08. The van der Waals surface area contributed by atoms with Gasteiger partial charge in [-0.1, -0.05) is 18.2 Å². The topological polar surface area (TPSA) is 40.6 Å². The number of nitrogens with zero attached hydrogens (tertiary/aromatic N) is 2. The van der Waals surface area contributed by atoms with Gasteiger partial charge < -0.3 is 4.90 Å². The van der Waals surface area contributed by atoms with Crippen LogP contribution >= 0.6 is 11.3 Å². The number of alkyl halides is 3. The van der Waals surface area contributed by atoms with Crippen molar-refractivity contribution < 1.29 is 21.6 Å². The van der Waals surface area contributed by atoms with E-state index in [-0.39, 0.29) is 24.3 Å². The van der Waals surface area contributed by atoms with Crippen molar-refractivity contribution in [2.75, 3.05) is 29.8 Å². The van der Waals surface area contributed by atoms with Gasteiger partial charge in [0.1, 0.15) is 5.00 Å². The van der Waals surface area contributed by atoms with Gasteiger partial charge in [-0.3, -0.25) is 4.31 Å². The van der Waals surface area contributed by atoms with Crippen LogP contribution in [0.5, 0.6) is 0 Å². The van der Waals surface area contributed by atoms with Gasteiger partial charge in [-0.25, -0.2) is 8.42 Å². The van der Waals surface area contributed by atoms with Crippen LogP contribution in [0, 0.1) is 6.92 Å². The van der Waals surface area contributed by atoms with Crippen molar-refractivity contribution >= 4 is 42.1 Å². The predicted octanol–water partition coefficient (Wildman–Crippen LogP) is 6.20. The molecule has 0 saturated carbocycles. The van der Waals surface area contributed by atoms with Gasteiger partial charge in [0.05, 0.1) is 4.90 Å². The second-order valence-electron chi connectivity index (χ2n) is 7.57. The molecule has 3 rings (SSSR count). The Bertz CT molecular complexity index is 1140. The van der Waals surface area contributed by atoms with Crippen molar-refractivity contribution in [1.82, 2.24) is 0 Å². The van der Waals surface area contributed by atoms with Gasteiger partial charge in [0.2, 0.25) is 0 Å². The van der Waals surface area contributed by atoms with E-state index in [1.165, 1.54) is 27.8 Å². The quantitative estimate of drug-likeness (QED) is 0.368.